The Morgan fingerprint density at radius 3 is 2.22 bits per heavy atom. The van der Waals surface area contributed by atoms with E-state index >= 15 is 0 Å². The molecular formula is C15H28ClNO. The molecular weight excluding hydrogens is 246 g/mol. The van der Waals surface area contributed by atoms with E-state index in [-0.39, 0.29) is 5.41 Å². The Labute approximate surface area is 117 Å². The lowest BCUT2D eigenvalue weighted by molar-refractivity contribution is -0.145. The fraction of sp³-hybridized carbons (Fsp3) is 0.933. The van der Waals surface area contributed by atoms with Gasteiger partial charge in [0.2, 0.25) is 5.91 Å². The Morgan fingerprint density at radius 1 is 1.22 bits per heavy atom. The van der Waals surface area contributed by atoms with E-state index in [0.717, 1.165) is 25.7 Å². The van der Waals surface area contributed by atoms with E-state index in [1.807, 2.05) is 0 Å². The van der Waals surface area contributed by atoms with Gasteiger partial charge in [-0.25, -0.2) is 0 Å². The highest BCUT2D eigenvalue weighted by atomic mass is 35.5. The summed E-state index contributed by atoms with van der Waals surface area (Å²) in [4.78, 5) is 14.9. The van der Waals surface area contributed by atoms with Crippen LogP contribution in [0.15, 0.2) is 0 Å². The van der Waals surface area contributed by atoms with E-state index in [0.29, 0.717) is 24.4 Å². The summed E-state index contributed by atoms with van der Waals surface area (Å²) >= 11 is 5.89. The van der Waals surface area contributed by atoms with Gasteiger partial charge < -0.3 is 4.90 Å². The second-order valence-corrected chi connectivity index (χ2v) is 6.16. The largest absolute Gasteiger partial charge is 0.338 e. The minimum absolute atomic E-state index is 0.132. The molecule has 0 aromatic carbocycles. The predicted molar refractivity (Wildman–Crippen MR) is 78.0 cm³/mol. The normalized spacial score (nSPS) is 18.9. The Balaban J connectivity index is 2.80. The van der Waals surface area contributed by atoms with Gasteiger partial charge in [0, 0.05) is 23.9 Å². The molecule has 0 bridgehead atoms. The molecule has 0 spiro atoms. The van der Waals surface area contributed by atoms with Crippen LogP contribution in [0.25, 0.3) is 0 Å². The van der Waals surface area contributed by atoms with Crippen molar-refractivity contribution >= 4 is 17.5 Å². The summed E-state index contributed by atoms with van der Waals surface area (Å²) in [6.07, 6.45) is 7.81. The van der Waals surface area contributed by atoms with Crippen LogP contribution in [0.2, 0.25) is 0 Å². The summed E-state index contributed by atoms with van der Waals surface area (Å²) in [5.74, 6) is 0.884. The van der Waals surface area contributed by atoms with Crippen molar-refractivity contribution < 1.29 is 4.79 Å². The number of rotatable bonds is 6. The molecule has 0 aromatic rings. The number of alkyl halides is 1. The first-order chi connectivity index (χ1) is 8.59. The summed E-state index contributed by atoms with van der Waals surface area (Å²) in [5, 5.41) is 0. The highest BCUT2D eigenvalue weighted by molar-refractivity contribution is 6.18. The number of carbonyl (C=O) groups excluding carboxylic acids is 1. The van der Waals surface area contributed by atoms with Crippen molar-refractivity contribution in [1.82, 2.24) is 4.90 Å². The first-order valence-corrected chi connectivity index (χ1v) is 7.99. The minimum Gasteiger partial charge on any atom is -0.338 e. The van der Waals surface area contributed by atoms with Crippen LogP contribution in [-0.2, 0) is 4.79 Å². The lowest BCUT2D eigenvalue weighted by Crippen LogP contribution is -2.49. The molecule has 0 unspecified atom stereocenters. The Bertz CT molecular complexity index is 257. The fourth-order valence-electron chi connectivity index (χ4n) is 3.16. The second-order valence-electron chi connectivity index (χ2n) is 5.78. The SMILES string of the molecule is CCC(CC)N(CCCl)C(=O)C1(C)CCCCC1. The minimum atomic E-state index is -0.132. The summed E-state index contributed by atoms with van der Waals surface area (Å²) in [7, 11) is 0. The zero-order valence-electron chi connectivity index (χ0n) is 12.2. The smallest absolute Gasteiger partial charge is 0.228 e. The lowest BCUT2D eigenvalue weighted by Gasteiger charge is -2.40. The predicted octanol–water partition coefficient (Wildman–Crippen LogP) is 4.21. The summed E-state index contributed by atoms with van der Waals surface area (Å²) < 4.78 is 0. The summed E-state index contributed by atoms with van der Waals surface area (Å²) in [5.41, 5.74) is -0.132. The van der Waals surface area contributed by atoms with Crippen LogP contribution in [0.4, 0.5) is 0 Å². The second kappa shape index (κ2) is 7.37. The molecule has 0 aliphatic heterocycles. The van der Waals surface area contributed by atoms with E-state index < -0.39 is 0 Å². The van der Waals surface area contributed by atoms with Crippen molar-refractivity contribution in [3.05, 3.63) is 0 Å². The average molecular weight is 274 g/mol. The third-order valence-corrected chi connectivity index (χ3v) is 4.61. The maximum Gasteiger partial charge on any atom is 0.228 e. The molecule has 1 rings (SSSR count). The summed E-state index contributed by atoms with van der Waals surface area (Å²) in [6.45, 7) is 7.16. The monoisotopic (exact) mass is 273 g/mol. The van der Waals surface area contributed by atoms with E-state index in [9.17, 15) is 4.79 Å². The van der Waals surface area contributed by atoms with E-state index in [1.165, 1.54) is 19.3 Å². The molecule has 0 saturated heterocycles. The fourth-order valence-corrected chi connectivity index (χ4v) is 3.35. The van der Waals surface area contributed by atoms with Gasteiger partial charge in [-0.05, 0) is 25.7 Å². The molecule has 0 N–H and O–H groups in total. The molecule has 0 atom stereocenters. The molecule has 106 valence electrons. The topological polar surface area (TPSA) is 20.3 Å². The molecule has 0 radical (unpaired) electrons. The Morgan fingerprint density at radius 2 is 1.78 bits per heavy atom. The van der Waals surface area contributed by atoms with E-state index in [4.69, 9.17) is 11.6 Å². The van der Waals surface area contributed by atoms with Gasteiger partial charge in [-0.1, -0.05) is 40.0 Å². The first kappa shape index (κ1) is 15.8. The number of amides is 1. The maximum atomic E-state index is 12.8. The van der Waals surface area contributed by atoms with Crippen molar-refractivity contribution in [2.45, 2.75) is 71.8 Å². The number of hydrogen-bond donors (Lipinski definition) is 0. The van der Waals surface area contributed by atoms with Crippen molar-refractivity contribution in [2.75, 3.05) is 12.4 Å². The molecule has 0 aromatic heterocycles. The number of nitrogens with zero attached hydrogens (tertiary/aromatic N) is 1. The van der Waals surface area contributed by atoms with Gasteiger partial charge in [0.1, 0.15) is 0 Å². The molecule has 1 fully saturated rings. The number of hydrogen-bond acceptors (Lipinski definition) is 1. The third-order valence-electron chi connectivity index (χ3n) is 4.44. The number of halogens is 1. The molecule has 18 heavy (non-hydrogen) atoms. The zero-order valence-corrected chi connectivity index (χ0v) is 12.9. The van der Waals surface area contributed by atoms with Crippen molar-refractivity contribution in [1.29, 1.82) is 0 Å². The van der Waals surface area contributed by atoms with Crippen LogP contribution in [0, 0.1) is 5.41 Å². The van der Waals surface area contributed by atoms with Crippen LogP contribution >= 0.6 is 11.6 Å². The van der Waals surface area contributed by atoms with Crippen LogP contribution in [-0.4, -0.2) is 29.3 Å². The molecule has 1 aliphatic rings. The van der Waals surface area contributed by atoms with Crippen LogP contribution in [0.1, 0.15) is 65.7 Å². The van der Waals surface area contributed by atoms with Crippen molar-refractivity contribution in [3.63, 3.8) is 0 Å². The Hall–Kier alpha value is -0.240. The highest BCUT2D eigenvalue weighted by Crippen LogP contribution is 2.38. The van der Waals surface area contributed by atoms with E-state index in [2.05, 4.69) is 25.7 Å². The van der Waals surface area contributed by atoms with Crippen molar-refractivity contribution in [3.8, 4) is 0 Å². The standard InChI is InChI=1S/C15H28ClNO/c1-4-13(5-2)17(12-11-16)14(18)15(3)9-7-6-8-10-15/h13H,4-12H2,1-3H3. The quantitative estimate of drug-likeness (QED) is 0.664. The van der Waals surface area contributed by atoms with Gasteiger partial charge in [-0.3, -0.25) is 4.79 Å². The van der Waals surface area contributed by atoms with Gasteiger partial charge in [-0.2, -0.15) is 0 Å². The highest BCUT2D eigenvalue weighted by Gasteiger charge is 2.38. The summed E-state index contributed by atoms with van der Waals surface area (Å²) in [6, 6.07) is 0.356. The van der Waals surface area contributed by atoms with Gasteiger partial charge in [0.05, 0.1) is 0 Å². The van der Waals surface area contributed by atoms with Crippen molar-refractivity contribution in [2.24, 2.45) is 5.41 Å². The van der Waals surface area contributed by atoms with Gasteiger partial charge in [0.15, 0.2) is 0 Å². The van der Waals surface area contributed by atoms with Gasteiger partial charge in [0.25, 0.3) is 0 Å². The molecule has 3 heteroatoms. The Kier molecular flexibility index (Phi) is 6.48. The van der Waals surface area contributed by atoms with E-state index in [1.54, 1.807) is 0 Å². The third kappa shape index (κ3) is 3.63. The lowest BCUT2D eigenvalue weighted by atomic mass is 9.74. The molecule has 1 amide bonds. The molecule has 2 nitrogen and oxygen atoms in total. The van der Waals surface area contributed by atoms with Gasteiger partial charge in [-0.15, -0.1) is 11.6 Å². The molecule has 1 aliphatic carbocycles. The van der Waals surface area contributed by atoms with Crippen LogP contribution in [0.5, 0.6) is 0 Å². The number of carbonyl (C=O) groups is 1. The maximum absolute atomic E-state index is 12.8. The molecule has 0 heterocycles. The van der Waals surface area contributed by atoms with Crippen LogP contribution < -0.4 is 0 Å². The van der Waals surface area contributed by atoms with Gasteiger partial charge >= 0.3 is 0 Å². The average Bonchev–Trinajstić information content (AvgIpc) is 2.39. The van der Waals surface area contributed by atoms with Crippen LogP contribution in [0.3, 0.4) is 0 Å². The first-order valence-electron chi connectivity index (χ1n) is 7.46. The molecule has 1 saturated carbocycles. The zero-order chi connectivity index (χ0) is 13.6.